The molecule has 1 aromatic rings. The summed E-state index contributed by atoms with van der Waals surface area (Å²) >= 11 is 1.60. The van der Waals surface area contributed by atoms with Crippen LogP contribution < -0.4 is 9.47 Å². The van der Waals surface area contributed by atoms with Gasteiger partial charge in [-0.25, -0.2) is 9.78 Å². The first-order valence-corrected chi connectivity index (χ1v) is 5.05. The Balaban J connectivity index is 3.39. The summed E-state index contributed by atoms with van der Waals surface area (Å²) in [4.78, 5) is 14.3. The fourth-order valence-electron chi connectivity index (χ4n) is 1.00. The summed E-state index contributed by atoms with van der Waals surface area (Å²) < 4.78 is 44.8. The van der Waals surface area contributed by atoms with Gasteiger partial charge >= 0.3 is 12.3 Å². The van der Waals surface area contributed by atoms with Gasteiger partial charge in [-0.15, -0.1) is 13.2 Å². The Labute approximate surface area is 107 Å². The number of carboxylic acid groups (broad SMARTS) is 1. The van der Waals surface area contributed by atoms with E-state index in [2.05, 4.69) is 14.5 Å². The third-order valence-electron chi connectivity index (χ3n) is 1.60. The Morgan fingerprint density at radius 2 is 2.06 bits per heavy atom. The quantitative estimate of drug-likeness (QED) is 0.660. The average molecular weight is 363 g/mol. The Kier molecular flexibility index (Phi) is 4.01. The molecule has 0 aliphatic carbocycles. The maximum atomic E-state index is 12.1. The van der Waals surface area contributed by atoms with Crippen LogP contribution in [0.5, 0.6) is 11.5 Å². The first kappa shape index (κ1) is 13.8. The molecule has 0 fully saturated rings. The fraction of sp³-hybridized carbons (Fsp3) is 0.250. The molecule has 1 rings (SSSR count). The molecule has 0 aliphatic heterocycles. The topological polar surface area (TPSA) is 68.7 Å². The van der Waals surface area contributed by atoms with Gasteiger partial charge in [-0.1, -0.05) is 0 Å². The van der Waals surface area contributed by atoms with Gasteiger partial charge in [-0.05, 0) is 22.6 Å². The summed E-state index contributed by atoms with van der Waals surface area (Å²) in [6.07, 6.45) is -4.24. The van der Waals surface area contributed by atoms with Crippen molar-refractivity contribution in [1.29, 1.82) is 0 Å². The zero-order valence-corrected chi connectivity index (χ0v) is 10.4. The van der Waals surface area contributed by atoms with Crippen LogP contribution >= 0.6 is 22.6 Å². The fourth-order valence-corrected chi connectivity index (χ4v) is 1.61. The van der Waals surface area contributed by atoms with Crippen LogP contribution in [0.2, 0.25) is 0 Å². The first-order valence-electron chi connectivity index (χ1n) is 3.97. The van der Waals surface area contributed by atoms with Crippen LogP contribution in [0.4, 0.5) is 13.2 Å². The third-order valence-corrected chi connectivity index (χ3v) is 2.37. The van der Waals surface area contributed by atoms with E-state index in [9.17, 15) is 18.0 Å². The van der Waals surface area contributed by atoms with E-state index in [0.29, 0.717) is 0 Å². The summed E-state index contributed by atoms with van der Waals surface area (Å²) in [5.41, 5.74) is -0.723. The first-order chi connectivity index (χ1) is 7.76. The Hall–Kier alpha value is -1.26. The minimum Gasteiger partial charge on any atom is -0.490 e. The highest BCUT2D eigenvalue weighted by atomic mass is 127. The monoisotopic (exact) mass is 363 g/mol. The van der Waals surface area contributed by atoms with Gasteiger partial charge in [0.25, 0.3) is 0 Å². The highest BCUT2D eigenvalue weighted by molar-refractivity contribution is 14.1. The number of hydrogen-bond donors (Lipinski definition) is 1. The molecule has 1 N–H and O–H groups in total. The minimum absolute atomic E-state index is 0.0642. The standard InChI is InChI=1S/C8H5F3INO4/c1-16-5-4(17-8(9,10)11)3(7(14)15)2-13-6(5)12/h2H,1H3,(H,14,15). The van der Waals surface area contributed by atoms with E-state index in [0.717, 1.165) is 13.3 Å². The average Bonchev–Trinajstić information content (AvgIpc) is 2.15. The smallest absolute Gasteiger partial charge is 0.490 e. The summed E-state index contributed by atoms with van der Waals surface area (Å²) in [6, 6.07) is 0. The van der Waals surface area contributed by atoms with Gasteiger partial charge in [0.15, 0.2) is 11.5 Å². The number of rotatable bonds is 3. The van der Waals surface area contributed by atoms with Crippen molar-refractivity contribution in [3.63, 3.8) is 0 Å². The lowest BCUT2D eigenvalue weighted by molar-refractivity contribution is -0.275. The maximum Gasteiger partial charge on any atom is 0.573 e. The van der Waals surface area contributed by atoms with Gasteiger partial charge in [-0.3, -0.25) is 0 Å². The van der Waals surface area contributed by atoms with E-state index in [1.807, 2.05) is 0 Å². The molecule has 17 heavy (non-hydrogen) atoms. The van der Waals surface area contributed by atoms with Gasteiger partial charge in [0, 0.05) is 6.20 Å². The molecule has 0 saturated carbocycles. The number of ether oxygens (including phenoxy) is 2. The van der Waals surface area contributed by atoms with Crippen molar-refractivity contribution >= 4 is 28.6 Å². The van der Waals surface area contributed by atoms with Crippen LogP contribution in [0.25, 0.3) is 0 Å². The SMILES string of the molecule is COc1c(I)ncc(C(=O)O)c1OC(F)(F)F. The lowest BCUT2D eigenvalue weighted by Gasteiger charge is -2.14. The normalized spacial score (nSPS) is 11.1. The molecule has 0 unspecified atom stereocenters. The summed E-state index contributed by atoms with van der Waals surface area (Å²) in [5, 5.41) is 8.73. The van der Waals surface area contributed by atoms with E-state index in [-0.39, 0.29) is 9.45 Å². The van der Waals surface area contributed by atoms with E-state index >= 15 is 0 Å². The highest BCUT2D eigenvalue weighted by Crippen LogP contribution is 2.37. The van der Waals surface area contributed by atoms with Crippen LogP contribution in [0.1, 0.15) is 10.4 Å². The molecule has 0 saturated heterocycles. The van der Waals surface area contributed by atoms with E-state index in [1.54, 1.807) is 22.6 Å². The lowest BCUT2D eigenvalue weighted by Crippen LogP contribution is -2.20. The second-order valence-electron chi connectivity index (χ2n) is 2.68. The zero-order chi connectivity index (χ0) is 13.2. The Bertz CT molecular complexity index is 449. The molecular weight excluding hydrogens is 358 g/mol. The summed E-state index contributed by atoms with van der Waals surface area (Å²) in [7, 11) is 1.09. The number of methoxy groups -OCH3 is 1. The number of hydrogen-bond acceptors (Lipinski definition) is 4. The van der Waals surface area contributed by atoms with Gasteiger partial charge in [0.05, 0.1) is 7.11 Å². The molecule has 0 aromatic carbocycles. The number of halogens is 4. The predicted molar refractivity (Wildman–Crippen MR) is 57.1 cm³/mol. The molecule has 0 bridgehead atoms. The largest absolute Gasteiger partial charge is 0.573 e. The van der Waals surface area contributed by atoms with E-state index in [4.69, 9.17) is 5.11 Å². The number of nitrogens with zero attached hydrogens (tertiary/aromatic N) is 1. The number of carbonyl (C=O) groups is 1. The number of carboxylic acids is 1. The van der Waals surface area contributed by atoms with Crippen LogP contribution in [0.15, 0.2) is 6.20 Å². The van der Waals surface area contributed by atoms with Gasteiger partial charge in [-0.2, -0.15) is 0 Å². The molecule has 1 heterocycles. The molecule has 0 amide bonds. The third kappa shape index (κ3) is 3.35. The molecule has 94 valence electrons. The second kappa shape index (κ2) is 4.94. The van der Waals surface area contributed by atoms with Crippen molar-refractivity contribution in [2.75, 3.05) is 7.11 Å². The van der Waals surface area contributed by atoms with Crippen LogP contribution in [0, 0.1) is 3.70 Å². The Morgan fingerprint density at radius 3 is 2.47 bits per heavy atom. The van der Waals surface area contributed by atoms with Crippen molar-refractivity contribution in [2.45, 2.75) is 6.36 Å². The molecule has 0 atom stereocenters. The summed E-state index contributed by atoms with van der Waals surface area (Å²) in [5.74, 6) is -2.87. The maximum absolute atomic E-state index is 12.1. The lowest BCUT2D eigenvalue weighted by atomic mass is 10.2. The molecule has 5 nitrogen and oxygen atoms in total. The van der Waals surface area contributed by atoms with Crippen LogP contribution in [0.3, 0.4) is 0 Å². The van der Waals surface area contributed by atoms with Gasteiger partial charge < -0.3 is 14.6 Å². The molecule has 1 aromatic heterocycles. The van der Waals surface area contributed by atoms with Crippen molar-refractivity contribution in [3.8, 4) is 11.5 Å². The number of aromatic carboxylic acids is 1. The zero-order valence-electron chi connectivity index (χ0n) is 8.21. The van der Waals surface area contributed by atoms with E-state index < -0.39 is 23.6 Å². The number of alkyl halides is 3. The number of aromatic nitrogens is 1. The number of pyridine rings is 1. The van der Waals surface area contributed by atoms with Gasteiger partial charge in [0.1, 0.15) is 9.26 Å². The molecule has 9 heteroatoms. The van der Waals surface area contributed by atoms with Crippen LogP contribution in [-0.2, 0) is 0 Å². The Morgan fingerprint density at radius 1 is 1.47 bits per heavy atom. The molecular formula is C8H5F3INO4. The van der Waals surface area contributed by atoms with Crippen molar-refractivity contribution in [1.82, 2.24) is 4.98 Å². The van der Waals surface area contributed by atoms with Crippen molar-refractivity contribution < 1.29 is 32.5 Å². The van der Waals surface area contributed by atoms with Crippen molar-refractivity contribution in [3.05, 3.63) is 15.5 Å². The molecule has 0 radical (unpaired) electrons. The predicted octanol–water partition coefficient (Wildman–Crippen LogP) is 2.29. The highest BCUT2D eigenvalue weighted by Gasteiger charge is 2.35. The van der Waals surface area contributed by atoms with Crippen LogP contribution in [-0.4, -0.2) is 29.5 Å². The van der Waals surface area contributed by atoms with Crippen molar-refractivity contribution in [2.24, 2.45) is 0 Å². The minimum atomic E-state index is -5.01. The van der Waals surface area contributed by atoms with Gasteiger partial charge in [0.2, 0.25) is 0 Å². The molecule has 0 aliphatic rings. The second-order valence-corrected chi connectivity index (χ2v) is 3.70. The summed E-state index contributed by atoms with van der Waals surface area (Å²) in [6.45, 7) is 0. The molecule has 0 spiro atoms. The van der Waals surface area contributed by atoms with E-state index in [1.165, 1.54) is 0 Å².